The van der Waals surface area contributed by atoms with Crippen molar-refractivity contribution < 1.29 is 61.7 Å². The number of esters is 2. The number of phosphoric ester groups is 1. The van der Waals surface area contributed by atoms with Crippen LogP contribution in [-0.2, 0) is 32.7 Å². The molecular weight excluding hydrogens is 913 g/mol. The second-order valence-corrected chi connectivity index (χ2v) is 18.9. The van der Waals surface area contributed by atoms with Gasteiger partial charge in [0.1, 0.15) is 31.1 Å². The molecule has 0 aliphatic carbocycles. The van der Waals surface area contributed by atoms with Crippen LogP contribution in [0.25, 0.3) is 0 Å². The summed E-state index contributed by atoms with van der Waals surface area (Å²) in [7, 11) is 0.897. The summed E-state index contributed by atoms with van der Waals surface area (Å²) in [5.74, 6) is -1.08. The van der Waals surface area contributed by atoms with Crippen LogP contribution in [0.5, 0.6) is 0 Å². The highest BCUT2D eigenvalue weighted by Crippen LogP contribution is 2.38. The van der Waals surface area contributed by atoms with Gasteiger partial charge in [-0.2, -0.15) is 0 Å². The summed E-state index contributed by atoms with van der Waals surface area (Å²) < 4.78 is 33.7. The number of hydrogen-bond donors (Lipinski definition) is 2. The summed E-state index contributed by atoms with van der Waals surface area (Å²) in [5.41, 5.74) is -0.865. The average Bonchev–Trinajstić information content (AvgIpc) is 3.27. The molecule has 2 rings (SSSR count). The summed E-state index contributed by atoms with van der Waals surface area (Å²) in [5, 5.41) is 50.4. The van der Waals surface area contributed by atoms with E-state index < -0.39 is 52.2 Å². The Balaban J connectivity index is 1.62. The molecule has 2 aromatic rings. The minimum absolute atomic E-state index is 0.0909. The number of nitro groups is 4. The number of non-ortho nitro benzene ring substituents is 2. The first kappa shape index (κ1) is 58.8. The molecule has 0 saturated heterocycles. The summed E-state index contributed by atoms with van der Waals surface area (Å²) in [6, 6.07) is 7.04. The molecule has 0 aliphatic rings. The van der Waals surface area contributed by atoms with Gasteiger partial charge in [0.05, 0.1) is 59.6 Å². The van der Waals surface area contributed by atoms with E-state index in [1.807, 2.05) is 21.1 Å². The number of nitrogens with one attached hydrogen (secondary N) is 2. The third-order valence-electron chi connectivity index (χ3n) is 10.7. The van der Waals surface area contributed by atoms with Crippen LogP contribution in [0.15, 0.2) is 36.4 Å². The van der Waals surface area contributed by atoms with Gasteiger partial charge in [0, 0.05) is 38.1 Å². The van der Waals surface area contributed by atoms with E-state index in [1.165, 1.54) is 24.3 Å². The minimum Gasteiger partial charge on any atom is -0.756 e. The van der Waals surface area contributed by atoms with Gasteiger partial charge < -0.3 is 38.5 Å². The van der Waals surface area contributed by atoms with Crippen LogP contribution in [0.2, 0.25) is 0 Å². The van der Waals surface area contributed by atoms with Gasteiger partial charge in [-0.25, -0.2) is 0 Å². The fourth-order valence-corrected chi connectivity index (χ4v) is 7.56. The molecule has 2 aromatic carbocycles. The molecule has 0 amide bonds. The van der Waals surface area contributed by atoms with E-state index in [-0.39, 0.29) is 60.2 Å². The Labute approximate surface area is 397 Å². The van der Waals surface area contributed by atoms with Gasteiger partial charge in [0.25, 0.3) is 30.6 Å². The lowest BCUT2D eigenvalue weighted by Crippen LogP contribution is -2.37. The molecule has 0 spiro atoms. The molecule has 2 atom stereocenters. The van der Waals surface area contributed by atoms with Gasteiger partial charge in [0.2, 0.25) is 0 Å². The maximum atomic E-state index is 12.7. The van der Waals surface area contributed by atoms with Crippen LogP contribution in [-0.4, -0.2) is 103 Å². The first-order chi connectivity index (χ1) is 32.3. The zero-order valence-corrected chi connectivity index (χ0v) is 40.5. The highest BCUT2D eigenvalue weighted by atomic mass is 31.2. The summed E-state index contributed by atoms with van der Waals surface area (Å²) in [6.45, 7) is 0.337. The fraction of sp³-hybridized carbons (Fsp3) is 0.682. The Morgan fingerprint density at radius 3 is 1.37 bits per heavy atom. The Morgan fingerprint density at radius 2 is 0.971 bits per heavy atom. The van der Waals surface area contributed by atoms with Crippen molar-refractivity contribution in [2.24, 2.45) is 0 Å². The lowest BCUT2D eigenvalue weighted by atomic mass is 10.1. The summed E-state index contributed by atoms with van der Waals surface area (Å²) >= 11 is 0. The van der Waals surface area contributed by atoms with E-state index in [1.54, 1.807) is 0 Å². The van der Waals surface area contributed by atoms with Gasteiger partial charge in [-0.05, 0) is 37.8 Å². The molecule has 0 heterocycles. The molecule has 0 fully saturated rings. The standard InChI is InChI=1S/C44H70N7O16P/c1-51(2,3)30-31-65-68(62,63)66-35-38(67-44(53)23-19-15-11-7-5-9-13-17-21-29-46-40-27-25-37(48(56)57)33-42(40)50(60)61)34-64-43(52)22-18-14-10-6-4-8-12-16-20-28-45-39-26-24-36(47(54)55)32-41(39)49(58)59/h24-27,32-33,38,45-46H,4-23,28-31,34-35H2,1-3H3/t38-/m1/s1. The SMILES string of the molecule is C[N+](C)(C)CCOP(=O)([O-])OC[C@@H](COC(=O)CCCCCCCCCCCNc1ccc([N+](=O)[O-])cc1[N+](=O)[O-])OC(=O)CCCCCCCCCCCNc1ccc([N+](=O)[O-])cc1[N+](=O)[O-]. The van der Waals surface area contributed by atoms with Crippen molar-refractivity contribution in [3.05, 3.63) is 76.9 Å². The lowest BCUT2D eigenvalue weighted by Gasteiger charge is -2.28. The van der Waals surface area contributed by atoms with Gasteiger partial charge in [0.15, 0.2) is 6.10 Å². The molecule has 68 heavy (non-hydrogen) atoms. The van der Waals surface area contributed by atoms with Crippen LogP contribution in [0.4, 0.5) is 34.1 Å². The summed E-state index contributed by atoms with van der Waals surface area (Å²) in [6.07, 6.45) is 14.9. The average molecular weight is 984 g/mol. The van der Waals surface area contributed by atoms with E-state index in [0.717, 1.165) is 115 Å². The Hall–Kier alpha value is -5.35. The quantitative estimate of drug-likeness (QED) is 0.0157. The van der Waals surface area contributed by atoms with Crippen LogP contribution >= 0.6 is 7.82 Å². The molecular formula is C44H70N7O16P. The van der Waals surface area contributed by atoms with E-state index in [9.17, 15) is 59.5 Å². The number of benzene rings is 2. The third kappa shape index (κ3) is 26.9. The predicted molar refractivity (Wildman–Crippen MR) is 252 cm³/mol. The van der Waals surface area contributed by atoms with Crippen molar-refractivity contribution in [2.75, 3.05) is 71.2 Å². The fourth-order valence-electron chi connectivity index (χ4n) is 6.84. The largest absolute Gasteiger partial charge is 0.756 e. The number of quaternary nitrogens is 1. The van der Waals surface area contributed by atoms with Gasteiger partial charge in [-0.15, -0.1) is 0 Å². The Morgan fingerprint density at radius 1 is 0.574 bits per heavy atom. The van der Waals surface area contributed by atoms with Crippen molar-refractivity contribution in [3.8, 4) is 0 Å². The number of nitro benzene ring substituents is 4. The first-order valence-electron chi connectivity index (χ1n) is 23.4. The molecule has 0 saturated carbocycles. The number of phosphoric acid groups is 1. The zero-order valence-electron chi connectivity index (χ0n) is 39.6. The van der Waals surface area contributed by atoms with Crippen LogP contribution < -0.4 is 15.5 Å². The zero-order chi connectivity index (χ0) is 50.4. The number of carbonyl (C=O) groups excluding carboxylic acids is 2. The number of carbonyl (C=O) groups is 2. The monoisotopic (exact) mass is 983 g/mol. The van der Waals surface area contributed by atoms with Crippen LogP contribution in [0.1, 0.15) is 128 Å². The first-order valence-corrected chi connectivity index (χ1v) is 24.8. The molecule has 0 aliphatic heterocycles. The van der Waals surface area contributed by atoms with E-state index in [2.05, 4.69) is 10.6 Å². The maximum absolute atomic E-state index is 12.7. The number of unbranched alkanes of at least 4 members (excludes halogenated alkanes) is 16. The normalized spacial score (nSPS) is 12.7. The van der Waals surface area contributed by atoms with E-state index in [4.69, 9.17) is 18.5 Å². The second kappa shape index (κ2) is 32.4. The van der Waals surface area contributed by atoms with Gasteiger partial charge in [-0.1, -0.05) is 89.9 Å². The smallest absolute Gasteiger partial charge is 0.306 e. The number of likely N-dealkylation sites (N-methyl/N-ethyl adjacent to an activating group) is 1. The molecule has 23 nitrogen and oxygen atoms in total. The molecule has 1 unspecified atom stereocenters. The second-order valence-electron chi connectivity index (χ2n) is 17.5. The van der Waals surface area contributed by atoms with Crippen molar-refractivity contribution >= 4 is 53.9 Å². The molecule has 2 N–H and O–H groups in total. The van der Waals surface area contributed by atoms with Gasteiger partial charge in [-0.3, -0.25) is 54.6 Å². The van der Waals surface area contributed by atoms with Crippen molar-refractivity contribution in [1.82, 2.24) is 0 Å². The van der Waals surface area contributed by atoms with Gasteiger partial charge >= 0.3 is 11.9 Å². The molecule has 0 radical (unpaired) electrons. The molecule has 0 aromatic heterocycles. The molecule has 0 bridgehead atoms. The topological polar surface area (TPSA) is 308 Å². The maximum Gasteiger partial charge on any atom is 0.306 e. The van der Waals surface area contributed by atoms with E-state index in [0.29, 0.717) is 37.0 Å². The van der Waals surface area contributed by atoms with Crippen molar-refractivity contribution in [3.63, 3.8) is 0 Å². The molecule has 382 valence electrons. The Kier molecular flexibility index (Phi) is 28.0. The number of hydrogen-bond acceptors (Lipinski definition) is 18. The minimum atomic E-state index is -4.73. The van der Waals surface area contributed by atoms with Crippen LogP contribution in [0, 0.1) is 40.5 Å². The van der Waals surface area contributed by atoms with E-state index >= 15 is 0 Å². The van der Waals surface area contributed by atoms with Crippen LogP contribution in [0.3, 0.4) is 0 Å². The lowest BCUT2D eigenvalue weighted by molar-refractivity contribution is -0.870. The number of anilines is 2. The number of nitrogens with zero attached hydrogens (tertiary/aromatic N) is 5. The van der Waals surface area contributed by atoms with Crippen molar-refractivity contribution in [1.29, 1.82) is 0 Å². The predicted octanol–water partition coefficient (Wildman–Crippen LogP) is 9.31. The highest BCUT2D eigenvalue weighted by molar-refractivity contribution is 7.45. The third-order valence-corrected chi connectivity index (χ3v) is 11.6. The highest BCUT2D eigenvalue weighted by Gasteiger charge is 2.23. The summed E-state index contributed by atoms with van der Waals surface area (Å²) in [4.78, 5) is 79.5. The number of ether oxygens (including phenoxy) is 2. The Bertz CT molecular complexity index is 1950. The number of rotatable bonds is 40. The molecule has 24 heteroatoms. The van der Waals surface area contributed by atoms with Crippen molar-refractivity contribution in [2.45, 2.75) is 135 Å².